The first-order valence-electron chi connectivity index (χ1n) is 5.29. The smallest absolute Gasteiger partial charge is 0.309 e. The van der Waals surface area contributed by atoms with Gasteiger partial charge in [-0.15, -0.1) is 0 Å². The Kier molecular flexibility index (Phi) is 3.73. The van der Waals surface area contributed by atoms with E-state index in [1.807, 2.05) is 19.1 Å². The van der Waals surface area contributed by atoms with Crippen LogP contribution in [0.2, 0.25) is 0 Å². The first-order chi connectivity index (χ1) is 7.45. The second kappa shape index (κ2) is 4.68. The fraction of sp³-hybridized carbons (Fsp3) is 0.667. The van der Waals surface area contributed by atoms with Crippen LogP contribution in [0, 0.1) is 17.3 Å². The van der Waals surface area contributed by atoms with Gasteiger partial charge in [-0.05, 0) is 24.3 Å². The molecule has 16 heavy (non-hydrogen) atoms. The minimum atomic E-state index is -0.138. The van der Waals surface area contributed by atoms with Gasteiger partial charge in [0.25, 0.3) is 0 Å². The summed E-state index contributed by atoms with van der Waals surface area (Å²) in [6.45, 7) is 5.97. The van der Waals surface area contributed by atoms with E-state index in [0.717, 1.165) is 5.71 Å². The number of rotatable bonds is 4. The Labute approximate surface area is 96.3 Å². The van der Waals surface area contributed by atoms with Gasteiger partial charge in [-0.2, -0.15) is 0 Å². The molecule has 1 aliphatic rings. The summed E-state index contributed by atoms with van der Waals surface area (Å²) in [5.74, 6) is 0.0482. The first-order valence-corrected chi connectivity index (χ1v) is 5.29. The van der Waals surface area contributed by atoms with E-state index in [4.69, 9.17) is 4.74 Å². The minimum absolute atomic E-state index is 0.0169. The zero-order valence-corrected chi connectivity index (χ0v) is 10.5. The van der Waals surface area contributed by atoms with Crippen LogP contribution in [0.3, 0.4) is 0 Å². The Morgan fingerprint density at radius 3 is 2.50 bits per heavy atom. The van der Waals surface area contributed by atoms with Gasteiger partial charge >= 0.3 is 5.97 Å². The molecule has 4 heteroatoms. The van der Waals surface area contributed by atoms with E-state index in [9.17, 15) is 4.79 Å². The maximum Gasteiger partial charge on any atom is 0.309 e. The largest absolute Gasteiger partial charge is 0.469 e. The van der Waals surface area contributed by atoms with E-state index in [-0.39, 0.29) is 23.2 Å². The Morgan fingerprint density at radius 1 is 1.38 bits per heavy atom. The maximum absolute atomic E-state index is 11.5. The van der Waals surface area contributed by atoms with Crippen molar-refractivity contribution >= 4 is 11.7 Å². The lowest BCUT2D eigenvalue weighted by Gasteiger charge is -1.99. The van der Waals surface area contributed by atoms with Crippen molar-refractivity contribution in [2.75, 3.05) is 14.2 Å². The van der Waals surface area contributed by atoms with Crippen LogP contribution in [-0.2, 0) is 14.4 Å². The molecule has 0 radical (unpaired) electrons. The monoisotopic (exact) mass is 225 g/mol. The van der Waals surface area contributed by atoms with E-state index in [1.54, 1.807) is 0 Å². The van der Waals surface area contributed by atoms with E-state index < -0.39 is 0 Å². The summed E-state index contributed by atoms with van der Waals surface area (Å²) in [4.78, 5) is 16.1. The molecule has 0 amide bonds. The molecule has 0 aromatic carbocycles. The number of esters is 1. The molecule has 0 aromatic heterocycles. The van der Waals surface area contributed by atoms with Crippen molar-refractivity contribution in [2.45, 2.75) is 20.8 Å². The van der Waals surface area contributed by atoms with Gasteiger partial charge in [0, 0.05) is 0 Å². The van der Waals surface area contributed by atoms with Crippen molar-refractivity contribution in [3.8, 4) is 0 Å². The molecule has 1 rings (SSSR count). The van der Waals surface area contributed by atoms with Gasteiger partial charge in [-0.25, -0.2) is 0 Å². The summed E-state index contributed by atoms with van der Waals surface area (Å²) in [6, 6.07) is 0. The summed E-state index contributed by atoms with van der Waals surface area (Å²) in [6.07, 6.45) is 3.87. The van der Waals surface area contributed by atoms with Gasteiger partial charge in [0.05, 0.1) is 18.7 Å². The van der Waals surface area contributed by atoms with Crippen molar-refractivity contribution in [1.29, 1.82) is 0 Å². The zero-order valence-electron chi connectivity index (χ0n) is 10.5. The molecule has 0 saturated heterocycles. The fourth-order valence-corrected chi connectivity index (χ4v) is 2.03. The summed E-state index contributed by atoms with van der Waals surface area (Å²) in [7, 11) is 2.94. The molecule has 0 bridgehead atoms. The SMILES string of the molecule is CON=C(C)C=CC1C(C(=O)OC)C1(C)C. The Morgan fingerprint density at radius 2 is 2.00 bits per heavy atom. The van der Waals surface area contributed by atoms with Crippen LogP contribution in [0.15, 0.2) is 17.3 Å². The maximum atomic E-state index is 11.5. The number of allylic oxidation sites excluding steroid dienone is 2. The van der Waals surface area contributed by atoms with Crippen LogP contribution in [0.5, 0.6) is 0 Å². The van der Waals surface area contributed by atoms with Crippen molar-refractivity contribution in [3.63, 3.8) is 0 Å². The second-order valence-corrected chi connectivity index (χ2v) is 4.62. The third-order valence-corrected chi connectivity index (χ3v) is 3.15. The van der Waals surface area contributed by atoms with Gasteiger partial charge in [-0.3, -0.25) is 4.79 Å². The van der Waals surface area contributed by atoms with Gasteiger partial charge in [0.2, 0.25) is 0 Å². The predicted molar refractivity (Wildman–Crippen MR) is 62.0 cm³/mol. The second-order valence-electron chi connectivity index (χ2n) is 4.62. The standard InChI is InChI=1S/C12H19NO3/c1-8(13-16-5)6-7-9-10(11(14)15-4)12(9,2)3/h6-7,9-10H,1-5H3. The number of carbonyl (C=O) groups excluding carboxylic acids is 1. The molecule has 1 aliphatic carbocycles. The summed E-state index contributed by atoms with van der Waals surface area (Å²) in [5.41, 5.74) is 0.769. The van der Waals surface area contributed by atoms with E-state index in [0.29, 0.717) is 0 Å². The van der Waals surface area contributed by atoms with Gasteiger partial charge in [-0.1, -0.05) is 25.1 Å². The lowest BCUT2D eigenvalue weighted by molar-refractivity contribution is -0.143. The normalized spacial score (nSPS) is 27.9. The number of carbonyl (C=O) groups is 1. The molecular formula is C12H19NO3. The lowest BCUT2D eigenvalue weighted by atomic mass is 10.1. The van der Waals surface area contributed by atoms with Gasteiger partial charge < -0.3 is 9.57 Å². The average Bonchev–Trinajstić information content (AvgIpc) is 2.77. The molecule has 0 spiro atoms. The highest BCUT2D eigenvalue weighted by molar-refractivity contribution is 5.92. The highest BCUT2D eigenvalue weighted by Crippen LogP contribution is 2.59. The van der Waals surface area contributed by atoms with E-state index >= 15 is 0 Å². The topological polar surface area (TPSA) is 47.9 Å². The Bertz CT molecular complexity index is 331. The molecule has 90 valence electrons. The van der Waals surface area contributed by atoms with E-state index in [2.05, 4.69) is 23.8 Å². The van der Waals surface area contributed by atoms with Crippen LogP contribution in [0.4, 0.5) is 0 Å². The Balaban J connectivity index is 2.64. The minimum Gasteiger partial charge on any atom is -0.469 e. The number of nitrogens with zero attached hydrogens (tertiary/aromatic N) is 1. The zero-order chi connectivity index (χ0) is 12.3. The molecule has 1 fully saturated rings. The Hall–Kier alpha value is -1.32. The highest BCUT2D eigenvalue weighted by Gasteiger charge is 2.61. The number of ether oxygens (including phenoxy) is 1. The van der Waals surface area contributed by atoms with Crippen molar-refractivity contribution in [1.82, 2.24) is 0 Å². The average molecular weight is 225 g/mol. The molecule has 0 N–H and O–H groups in total. The van der Waals surface area contributed by atoms with Crippen LogP contribution >= 0.6 is 0 Å². The molecule has 0 aliphatic heterocycles. The molecule has 0 heterocycles. The molecule has 1 saturated carbocycles. The summed E-state index contributed by atoms with van der Waals surface area (Å²) < 4.78 is 4.77. The molecule has 0 aromatic rings. The summed E-state index contributed by atoms with van der Waals surface area (Å²) >= 11 is 0. The number of hydrogen-bond donors (Lipinski definition) is 0. The first kappa shape index (κ1) is 12.7. The van der Waals surface area contributed by atoms with Crippen LogP contribution in [0.1, 0.15) is 20.8 Å². The van der Waals surface area contributed by atoms with Crippen LogP contribution in [-0.4, -0.2) is 25.9 Å². The molecule has 2 atom stereocenters. The summed E-state index contributed by atoms with van der Waals surface area (Å²) in [5, 5.41) is 3.78. The third-order valence-electron chi connectivity index (χ3n) is 3.15. The fourth-order valence-electron chi connectivity index (χ4n) is 2.03. The number of hydrogen-bond acceptors (Lipinski definition) is 4. The molecule has 4 nitrogen and oxygen atoms in total. The molecular weight excluding hydrogens is 206 g/mol. The van der Waals surface area contributed by atoms with Gasteiger partial charge in [0.1, 0.15) is 7.11 Å². The third kappa shape index (κ3) is 2.43. The quantitative estimate of drug-likeness (QED) is 0.418. The number of oxime groups is 1. The van der Waals surface area contributed by atoms with Crippen molar-refractivity contribution < 1.29 is 14.4 Å². The number of methoxy groups -OCH3 is 1. The van der Waals surface area contributed by atoms with Crippen molar-refractivity contribution in [3.05, 3.63) is 12.2 Å². The predicted octanol–water partition coefficient (Wildman–Crippen LogP) is 2.01. The van der Waals surface area contributed by atoms with Gasteiger partial charge in [0.15, 0.2) is 0 Å². The van der Waals surface area contributed by atoms with E-state index in [1.165, 1.54) is 14.2 Å². The van der Waals surface area contributed by atoms with Crippen molar-refractivity contribution in [2.24, 2.45) is 22.4 Å². The highest BCUT2D eigenvalue weighted by atomic mass is 16.6. The lowest BCUT2D eigenvalue weighted by Crippen LogP contribution is -2.07. The molecule has 2 unspecified atom stereocenters. The van der Waals surface area contributed by atoms with Crippen LogP contribution < -0.4 is 0 Å². The van der Waals surface area contributed by atoms with Crippen LogP contribution in [0.25, 0.3) is 0 Å².